The van der Waals surface area contributed by atoms with Gasteiger partial charge in [-0.25, -0.2) is 0 Å². The first kappa shape index (κ1) is 47.7. The molecule has 11 aromatic carbocycles. The summed E-state index contributed by atoms with van der Waals surface area (Å²) in [5.41, 5.74) is 23.9. The number of furan rings is 1. The molecule has 13 rings (SSSR count). The molecule has 0 saturated carbocycles. The Balaban J connectivity index is 0.933. The molecule has 1 aromatic heterocycles. The lowest BCUT2D eigenvalue weighted by Crippen LogP contribution is -2.29. The Kier molecular flexibility index (Phi) is 11.6. The average Bonchev–Trinajstić information content (AvgIpc) is 4.25. The minimum atomic E-state index is -0.540. The molecule has 0 bridgehead atoms. The van der Waals surface area contributed by atoms with Crippen LogP contribution in [-0.2, 0) is 16.2 Å². The zero-order valence-corrected chi connectivity index (χ0v) is 44.7. The Hall–Kier alpha value is -8.98. The summed E-state index contributed by atoms with van der Waals surface area (Å²) in [6, 6.07) is 96.0. The smallest absolute Gasteiger partial charge is 0.159 e. The Labute approximate surface area is 453 Å². The van der Waals surface area contributed by atoms with Gasteiger partial charge in [0.05, 0.1) is 11.1 Å². The average molecular weight is 992 g/mol. The molecule has 1 aliphatic carbocycles. The number of nitrogens with zero attached hydrogens (tertiary/aromatic N) is 1. The normalized spacial score (nSPS) is 12.9. The van der Waals surface area contributed by atoms with Gasteiger partial charge in [0.1, 0.15) is 5.58 Å². The van der Waals surface area contributed by atoms with Gasteiger partial charge in [0.2, 0.25) is 0 Å². The van der Waals surface area contributed by atoms with E-state index < -0.39 is 5.41 Å². The fourth-order valence-electron chi connectivity index (χ4n) is 12.0. The van der Waals surface area contributed by atoms with Crippen LogP contribution in [0.15, 0.2) is 265 Å². The predicted molar refractivity (Wildman–Crippen MR) is 325 cm³/mol. The van der Waals surface area contributed by atoms with Gasteiger partial charge in [-0.2, -0.15) is 0 Å². The highest BCUT2D eigenvalue weighted by molar-refractivity contribution is 6.13. The van der Waals surface area contributed by atoms with Gasteiger partial charge >= 0.3 is 0 Å². The summed E-state index contributed by atoms with van der Waals surface area (Å²) < 4.78 is 7.29. The van der Waals surface area contributed by atoms with Crippen molar-refractivity contribution >= 4 is 39.0 Å². The summed E-state index contributed by atoms with van der Waals surface area (Å²) >= 11 is 0. The summed E-state index contributed by atoms with van der Waals surface area (Å²) in [4.78, 5) is 2.34. The Bertz CT molecular complexity index is 4040. The van der Waals surface area contributed by atoms with Crippen LogP contribution >= 0.6 is 0 Å². The van der Waals surface area contributed by atoms with Gasteiger partial charge in [0, 0.05) is 27.7 Å². The van der Waals surface area contributed by atoms with Crippen LogP contribution in [0.4, 0.5) is 17.1 Å². The number of fused-ring (bicyclic) bond motifs is 6. The van der Waals surface area contributed by atoms with Gasteiger partial charge in [0.25, 0.3) is 0 Å². The Morgan fingerprint density at radius 2 is 0.701 bits per heavy atom. The van der Waals surface area contributed by atoms with Gasteiger partial charge in [-0.15, -0.1) is 0 Å². The molecule has 0 amide bonds. The SMILES string of the molecule is CC(C)(C)c1ccc2c(c1)C(c1ccccc1)(c1ccc(-c3cccc4c3oc3c(N(c5ccc(-c6ccccc6)cc5)c5ccc(-c6ccc(-c7ccccc7)cc6)cc5)cccc34)cc1)c1cc(C(C)(C)C)ccc1-2. The van der Waals surface area contributed by atoms with Crippen molar-refractivity contribution in [2.75, 3.05) is 4.90 Å². The maximum atomic E-state index is 7.29. The van der Waals surface area contributed by atoms with Gasteiger partial charge in [-0.05, 0) is 125 Å². The molecular weight excluding hydrogens is 931 g/mol. The molecule has 0 atom stereocenters. The molecule has 0 saturated heterocycles. The van der Waals surface area contributed by atoms with Gasteiger partial charge < -0.3 is 9.32 Å². The van der Waals surface area contributed by atoms with Crippen LogP contribution in [0, 0.1) is 0 Å². The minimum Gasteiger partial charge on any atom is -0.453 e. The van der Waals surface area contributed by atoms with E-state index in [2.05, 4.69) is 307 Å². The zero-order chi connectivity index (χ0) is 52.5. The van der Waals surface area contributed by atoms with Crippen molar-refractivity contribution in [2.24, 2.45) is 0 Å². The lowest BCUT2D eigenvalue weighted by atomic mass is 9.66. The van der Waals surface area contributed by atoms with Crippen LogP contribution < -0.4 is 4.90 Å². The largest absolute Gasteiger partial charge is 0.453 e. The second-order valence-corrected chi connectivity index (χ2v) is 22.9. The van der Waals surface area contributed by atoms with Crippen molar-refractivity contribution in [3.8, 4) is 55.6 Å². The van der Waals surface area contributed by atoms with Crippen LogP contribution in [-0.4, -0.2) is 0 Å². The van der Waals surface area contributed by atoms with E-state index in [4.69, 9.17) is 4.42 Å². The summed E-state index contributed by atoms with van der Waals surface area (Å²) in [6.07, 6.45) is 0. The van der Waals surface area contributed by atoms with Crippen LogP contribution in [0.3, 0.4) is 0 Å². The number of hydrogen-bond acceptors (Lipinski definition) is 2. The van der Waals surface area contributed by atoms with E-state index in [1.807, 2.05) is 0 Å². The first-order valence-corrected chi connectivity index (χ1v) is 27.1. The first-order valence-electron chi connectivity index (χ1n) is 27.1. The highest BCUT2D eigenvalue weighted by Gasteiger charge is 2.47. The zero-order valence-electron chi connectivity index (χ0n) is 44.7. The number of rotatable bonds is 9. The van der Waals surface area contributed by atoms with Crippen molar-refractivity contribution in [1.82, 2.24) is 0 Å². The van der Waals surface area contributed by atoms with E-state index >= 15 is 0 Å². The second-order valence-electron chi connectivity index (χ2n) is 22.9. The predicted octanol–water partition coefficient (Wildman–Crippen LogP) is 20.7. The van der Waals surface area contributed by atoms with Gasteiger partial charge in [-0.1, -0.05) is 272 Å². The molecule has 0 unspecified atom stereocenters. The van der Waals surface area contributed by atoms with E-state index in [0.717, 1.165) is 55.7 Å². The maximum Gasteiger partial charge on any atom is 0.159 e. The van der Waals surface area contributed by atoms with E-state index in [1.165, 1.54) is 72.3 Å². The molecule has 77 heavy (non-hydrogen) atoms. The van der Waals surface area contributed by atoms with Crippen LogP contribution in [0.2, 0.25) is 0 Å². The molecule has 0 spiro atoms. The van der Waals surface area contributed by atoms with E-state index in [1.54, 1.807) is 0 Å². The molecule has 2 heteroatoms. The quantitative estimate of drug-likeness (QED) is 0.143. The van der Waals surface area contributed by atoms with Crippen molar-refractivity contribution in [3.05, 3.63) is 294 Å². The van der Waals surface area contributed by atoms with Gasteiger partial charge in [0.15, 0.2) is 5.58 Å². The fourth-order valence-corrected chi connectivity index (χ4v) is 12.0. The highest BCUT2D eigenvalue weighted by Crippen LogP contribution is 2.58. The molecule has 12 aromatic rings. The summed E-state index contributed by atoms with van der Waals surface area (Å²) in [7, 11) is 0. The second kappa shape index (κ2) is 18.7. The van der Waals surface area contributed by atoms with Crippen molar-refractivity contribution in [3.63, 3.8) is 0 Å². The Morgan fingerprint density at radius 1 is 0.312 bits per heavy atom. The van der Waals surface area contributed by atoms with E-state index in [-0.39, 0.29) is 10.8 Å². The molecule has 372 valence electrons. The van der Waals surface area contributed by atoms with Crippen LogP contribution in [0.25, 0.3) is 77.6 Å². The third-order valence-corrected chi connectivity index (χ3v) is 16.1. The first-order chi connectivity index (χ1) is 37.4. The third-order valence-electron chi connectivity index (χ3n) is 16.1. The molecule has 2 nitrogen and oxygen atoms in total. The molecule has 0 radical (unpaired) electrons. The third kappa shape index (κ3) is 8.28. The number of para-hydroxylation sites is 2. The van der Waals surface area contributed by atoms with Crippen molar-refractivity contribution in [2.45, 2.75) is 57.8 Å². The Morgan fingerprint density at radius 3 is 1.17 bits per heavy atom. The fraction of sp³-hybridized carbons (Fsp3) is 0.120. The summed E-state index contributed by atoms with van der Waals surface area (Å²) in [5.74, 6) is 0. The molecule has 0 fully saturated rings. The number of benzene rings is 11. The maximum absolute atomic E-state index is 7.29. The molecular formula is C75H61NO. The summed E-state index contributed by atoms with van der Waals surface area (Å²) in [5, 5.41) is 2.16. The van der Waals surface area contributed by atoms with Crippen molar-refractivity contribution < 1.29 is 4.42 Å². The van der Waals surface area contributed by atoms with Crippen LogP contribution in [0.5, 0.6) is 0 Å². The lowest BCUT2D eigenvalue weighted by molar-refractivity contribution is 0.586. The molecule has 1 aliphatic rings. The van der Waals surface area contributed by atoms with E-state index in [0.29, 0.717) is 0 Å². The monoisotopic (exact) mass is 991 g/mol. The topological polar surface area (TPSA) is 16.4 Å². The molecule has 1 heterocycles. The number of hydrogen-bond donors (Lipinski definition) is 0. The van der Waals surface area contributed by atoms with E-state index in [9.17, 15) is 0 Å². The minimum absolute atomic E-state index is 0.0248. The molecule has 0 N–H and O–H groups in total. The lowest BCUT2D eigenvalue weighted by Gasteiger charge is -2.35. The number of anilines is 3. The standard InChI is InChI=1S/C75H61NO/c1-73(2,3)59-40-46-64-65-47-41-60(74(4,5)6)49-69(65)75(68(64)48-59,57-22-14-9-15-23-57)58-38-32-56(33-39-58)63-24-16-25-66-67-26-17-27-70(72(67)77-71(63)66)76(61-42-34-54(35-43-61)51-20-12-8-13-21-51)62-44-36-55(37-45-62)53-30-28-52(29-31-53)50-18-10-7-11-19-50/h7-49H,1-6H3. The van der Waals surface area contributed by atoms with Gasteiger partial charge in [-0.3, -0.25) is 0 Å². The molecule has 0 aliphatic heterocycles. The summed E-state index contributed by atoms with van der Waals surface area (Å²) in [6.45, 7) is 13.9. The van der Waals surface area contributed by atoms with Crippen molar-refractivity contribution in [1.29, 1.82) is 0 Å². The highest BCUT2D eigenvalue weighted by atomic mass is 16.3. The van der Waals surface area contributed by atoms with Crippen LogP contribution in [0.1, 0.15) is 74.9 Å².